The summed E-state index contributed by atoms with van der Waals surface area (Å²) >= 11 is 0. The number of halogens is 1. The smallest absolute Gasteiger partial charge is 0.274 e. The van der Waals surface area contributed by atoms with Crippen molar-refractivity contribution in [1.82, 2.24) is 15.2 Å². The molecule has 0 unspecified atom stereocenters. The van der Waals surface area contributed by atoms with Gasteiger partial charge in [-0.25, -0.2) is 4.39 Å². The molecular formula is C16H15FN4O2. The lowest BCUT2D eigenvalue weighted by atomic mass is 10.1. The Balaban J connectivity index is 1.57. The van der Waals surface area contributed by atoms with Crippen molar-refractivity contribution in [1.29, 1.82) is 0 Å². The number of anilines is 1. The fourth-order valence-electron chi connectivity index (χ4n) is 2.11. The summed E-state index contributed by atoms with van der Waals surface area (Å²) in [5.41, 5.74) is 0.980. The van der Waals surface area contributed by atoms with Crippen LogP contribution in [0, 0.1) is 5.82 Å². The lowest BCUT2D eigenvalue weighted by molar-refractivity contribution is 0.517. The second-order valence-electron chi connectivity index (χ2n) is 5.01. The van der Waals surface area contributed by atoms with Crippen LogP contribution in [0.25, 0.3) is 0 Å². The van der Waals surface area contributed by atoms with Gasteiger partial charge in [0.05, 0.1) is 12.7 Å². The van der Waals surface area contributed by atoms with E-state index >= 15 is 0 Å². The zero-order chi connectivity index (χ0) is 16.1. The molecule has 2 heterocycles. The van der Waals surface area contributed by atoms with Crippen LogP contribution in [0.15, 0.2) is 51.9 Å². The number of aromatic nitrogens is 3. The number of furan rings is 1. The van der Waals surface area contributed by atoms with Crippen LogP contribution in [0.3, 0.4) is 0 Å². The van der Waals surface area contributed by atoms with Gasteiger partial charge in [0, 0.05) is 6.54 Å². The van der Waals surface area contributed by atoms with Crippen LogP contribution in [-0.4, -0.2) is 21.7 Å². The van der Waals surface area contributed by atoms with Crippen molar-refractivity contribution in [2.24, 2.45) is 0 Å². The molecule has 2 N–H and O–H groups in total. The summed E-state index contributed by atoms with van der Waals surface area (Å²) in [7, 11) is 0. The van der Waals surface area contributed by atoms with Gasteiger partial charge >= 0.3 is 0 Å². The van der Waals surface area contributed by atoms with Gasteiger partial charge in [-0.1, -0.05) is 12.1 Å². The lowest BCUT2D eigenvalue weighted by Crippen LogP contribution is -2.20. The number of nitrogens with one attached hydrogen (secondary N) is 2. The number of hydrogen-bond acceptors (Lipinski definition) is 5. The Hall–Kier alpha value is -2.96. The molecule has 0 aliphatic heterocycles. The summed E-state index contributed by atoms with van der Waals surface area (Å²) < 4.78 is 18.0. The molecule has 6 nitrogen and oxygen atoms in total. The fraction of sp³-hybridized carbons (Fsp3) is 0.188. The maximum atomic E-state index is 12.8. The maximum absolute atomic E-state index is 12.8. The predicted octanol–water partition coefficient (Wildman–Crippen LogP) is 2.14. The van der Waals surface area contributed by atoms with Gasteiger partial charge in [0.25, 0.3) is 5.56 Å². The molecule has 1 aromatic carbocycles. The lowest BCUT2D eigenvalue weighted by Gasteiger charge is -2.05. The van der Waals surface area contributed by atoms with E-state index in [0.717, 1.165) is 5.56 Å². The molecule has 0 fully saturated rings. The minimum Gasteiger partial charge on any atom is -0.469 e. The molecule has 0 bridgehead atoms. The molecule has 0 saturated carbocycles. The Kier molecular flexibility index (Phi) is 4.46. The highest BCUT2D eigenvalue weighted by atomic mass is 19.1. The van der Waals surface area contributed by atoms with Gasteiger partial charge < -0.3 is 9.73 Å². The van der Waals surface area contributed by atoms with Crippen LogP contribution in [0.1, 0.15) is 17.0 Å². The molecule has 0 amide bonds. The van der Waals surface area contributed by atoms with E-state index < -0.39 is 0 Å². The van der Waals surface area contributed by atoms with Crippen molar-refractivity contribution in [2.45, 2.75) is 12.8 Å². The first-order valence-corrected chi connectivity index (χ1v) is 7.17. The molecule has 0 saturated heterocycles. The average Bonchev–Trinajstić information content (AvgIpc) is 3.05. The van der Waals surface area contributed by atoms with Crippen LogP contribution in [0.5, 0.6) is 0 Å². The molecule has 0 aliphatic carbocycles. The van der Waals surface area contributed by atoms with E-state index in [1.165, 1.54) is 12.1 Å². The Morgan fingerprint density at radius 3 is 2.70 bits per heavy atom. The van der Waals surface area contributed by atoms with Crippen molar-refractivity contribution in [3.05, 3.63) is 75.9 Å². The standard InChI is InChI=1S/C16H15FN4O2/c17-12-5-3-11(4-6-12)7-8-18-16-19-15(22)14(20-21-16)10-13-2-1-9-23-13/h1-6,9H,7-8,10H2,(H2,18,19,21,22). The minimum absolute atomic E-state index is 0.260. The predicted molar refractivity (Wildman–Crippen MR) is 82.8 cm³/mol. The van der Waals surface area contributed by atoms with E-state index in [9.17, 15) is 9.18 Å². The average molecular weight is 314 g/mol. The van der Waals surface area contributed by atoms with Crippen LogP contribution < -0.4 is 10.9 Å². The summed E-state index contributed by atoms with van der Waals surface area (Å²) in [6.07, 6.45) is 2.52. The zero-order valence-corrected chi connectivity index (χ0v) is 12.3. The van der Waals surface area contributed by atoms with Crippen LogP contribution in [-0.2, 0) is 12.8 Å². The normalized spacial score (nSPS) is 10.7. The number of hydrogen-bond donors (Lipinski definition) is 2. The van der Waals surface area contributed by atoms with E-state index in [0.29, 0.717) is 36.8 Å². The summed E-state index contributed by atoms with van der Waals surface area (Å²) in [5, 5.41) is 10.9. The number of rotatable bonds is 6. The first-order valence-electron chi connectivity index (χ1n) is 7.17. The van der Waals surface area contributed by atoms with Crippen LogP contribution in [0.4, 0.5) is 10.3 Å². The molecule has 118 valence electrons. The second kappa shape index (κ2) is 6.87. The molecule has 7 heteroatoms. The molecule has 0 spiro atoms. The van der Waals surface area contributed by atoms with E-state index in [1.807, 2.05) is 0 Å². The quantitative estimate of drug-likeness (QED) is 0.728. The number of aromatic amines is 1. The molecule has 3 aromatic rings. The second-order valence-corrected chi connectivity index (χ2v) is 5.01. The van der Waals surface area contributed by atoms with Crippen molar-refractivity contribution in [2.75, 3.05) is 11.9 Å². The third-order valence-corrected chi connectivity index (χ3v) is 3.31. The molecular weight excluding hydrogens is 299 g/mol. The van der Waals surface area contributed by atoms with Gasteiger partial charge in [-0.2, -0.15) is 0 Å². The van der Waals surface area contributed by atoms with Gasteiger partial charge in [-0.05, 0) is 36.2 Å². The van der Waals surface area contributed by atoms with Crippen molar-refractivity contribution in [3.63, 3.8) is 0 Å². The van der Waals surface area contributed by atoms with E-state index in [4.69, 9.17) is 4.42 Å². The molecule has 0 aliphatic rings. The highest BCUT2D eigenvalue weighted by Crippen LogP contribution is 2.05. The Morgan fingerprint density at radius 1 is 1.17 bits per heavy atom. The molecule has 2 aromatic heterocycles. The summed E-state index contributed by atoms with van der Waals surface area (Å²) in [6.45, 7) is 0.549. The molecule has 0 atom stereocenters. The van der Waals surface area contributed by atoms with Gasteiger partial charge in [-0.3, -0.25) is 9.78 Å². The number of H-pyrrole nitrogens is 1. The SMILES string of the molecule is O=c1[nH]c(NCCc2ccc(F)cc2)nnc1Cc1ccco1. The van der Waals surface area contributed by atoms with Crippen molar-refractivity contribution < 1.29 is 8.81 Å². The topological polar surface area (TPSA) is 83.8 Å². The van der Waals surface area contributed by atoms with Crippen LogP contribution >= 0.6 is 0 Å². The van der Waals surface area contributed by atoms with Gasteiger partial charge in [-0.15, -0.1) is 10.2 Å². The molecule has 3 rings (SSSR count). The van der Waals surface area contributed by atoms with Gasteiger partial charge in [0.2, 0.25) is 5.95 Å². The van der Waals surface area contributed by atoms with Gasteiger partial charge in [0.1, 0.15) is 17.3 Å². The highest BCUT2D eigenvalue weighted by molar-refractivity contribution is 5.24. The Bertz CT molecular complexity index is 813. The van der Waals surface area contributed by atoms with Crippen molar-refractivity contribution >= 4 is 5.95 Å². The van der Waals surface area contributed by atoms with E-state index in [2.05, 4.69) is 20.5 Å². The van der Waals surface area contributed by atoms with Crippen molar-refractivity contribution in [3.8, 4) is 0 Å². The number of nitrogens with zero attached hydrogens (tertiary/aromatic N) is 2. The number of benzene rings is 1. The largest absolute Gasteiger partial charge is 0.469 e. The molecule has 23 heavy (non-hydrogen) atoms. The third kappa shape index (κ3) is 4.03. The minimum atomic E-state index is -0.305. The Labute approximate surface area is 131 Å². The van der Waals surface area contributed by atoms with E-state index in [-0.39, 0.29) is 11.4 Å². The first-order chi connectivity index (χ1) is 11.2. The highest BCUT2D eigenvalue weighted by Gasteiger charge is 2.07. The fourth-order valence-corrected chi connectivity index (χ4v) is 2.11. The van der Waals surface area contributed by atoms with E-state index in [1.54, 1.807) is 30.5 Å². The Morgan fingerprint density at radius 2 is 2.00 bits per heavy atom. The maximum Gasteiger partial charge on any atom is 0.274 e. The third-order valence-electron chi connectivity index (χ3n) is 3.31. The monoisotopic (exact) mass is 314 g/mol. The summed E-state index contributed by atoms with van der Waals surface area (Å²) in [6, 6.07) is 9.80. The summed E-state index contributed by atoms with van der Waals surface area (Å²) in [4.78, 5) is 14.6. The first kappa shape index (κ1) is 15.0. The zero-order valence-electron chi connectivity index (χ0n) is 12.3. The van der Waals surface area contributed by atoms with Gasteiger partial charge in [0.15, 0.2) is 0 Å². The summed E-state index contributed by atoms with van der Waals surface area (Å²) in [5.74, 6) is 0.700. The van der Waals surface area contributed by atoms with Crippen LogP contribution in [0.2, 0.25) is 0 Å². The molecule has 0 radical (unpaired) electrons.